The van der Waals surface area contributed by atoms with E-state index in [2.05, 4.69) is 15.7 Å². The quantitative estimate of drug-likeness (QED) is 0.805. The number of nitrogens with zero attached hydrogens (tertiary/aromatic N) is 2. The van der Waals surface area contributed by atoms with Gasteiger partial charge in [0.2, 0.25) is 5.91 Å². The standard InChI is InChI=1S/C12H20N4O2/c1-18-7-6-16-9-10(8-14-16)15-12(17)11-4-2-3-5-13-11/h8-9,11,13H,2-7H2,1H3,(H,15,17)/t11-/m0/s1. The maximum atomic E-state index is 12.0. The lowest BCUT2D eigenvalue weighted by Crippen LogP contribution is -2.43. The average Bonchev–Trinajstić information content (AvgIpc) is 2.85. The lowest BCUT2D eigenvalue weighted by atomic mass is 10.0. The molecule has 0 aliphatic carbocycles. The molecule has 0 aromatic carbocycles. The van der Waals surface area contributed by atoms with Gasteiger partial charge in [-0.3, -0.25) is 9.48 Å². The van der Waals surface area contributed by atoms with Gasteiger partial charge in [0.15, 0.2) is 0 Å². The Balaban J connectivity index is 1.84. The summed E-state index contributed by atoms with van der Waals surface area (Å²) in [6.45, 7) is 2.22. The highest BCUT2D eigenvalue weighted by Crippen LogP contribution is 2.10. The van der Waals surface area contributed by atoms with Crippen molar-refractivity contribution in [3.63, 3.8) is 0 Å². The van der Waals surface area contributed by atoms with Gasteiger partial charge in [0.25, 0.3) is 0 Å². The number of aromatic nitrogens is 2. The number of carbonyl (C=O) groups excluding carboxylic acids is 1. The van der Waals surface area contributed by atoms with Gasteiger partial charge in [-0.2, -0.15) is 5.10 Å². The van der Waals surface area contributed by atoms with Gasteiger partial charge in [-0.25, -0.2) is 0 Å². The van der Waals surface area contributed by atoms with Crippen LogP contribution >= 0.6 is 0 Å². The fourth-order valence-corrected chi connectivity index (χ4v) is 2.04. The summed E-state index contributed by atoms with van der Waals surface area (Å²) in [4.78, 5) is 12.0. The van der Waals surface area contributed by atoms with E-state index >= 15 is 0 Å². The molecule has 100 valence electrons. The average molecular weight is 252 g/mol. The number of piperidine rings is 1. The van der Waals surface area contributed by atoms with Crippen LogP contribution in [0.15, 0.2) is 12.4 Å². The smallest absolute Gasteiger partial charge is 0.241 e. The van der Waals surface area contributed by atoms with Crippen LogP contribution in [0.2, 0.25) is 0 Å². The Bertz CT molecular complexity index is 385. The minimum absolute atomic E-state index is 0.0287. The Morgan fingerprint density at radius 3 is 3.28 bits per heavy atom. The molecular weight excluding hydrogens is 232 g/mol. The van der Waals surface area contributed by atoms with E-state index in [0.29, 0.717) is 13.2 Å². The van der Waals surface area contributed by atoms with E-state index in [1.165, 1.54) is 0 Å². The molecule has 6 nitrogen and oxygen atoms in total. The summed E-state index contributed by atoms with van der Waals surface area (Å²) in [6.07, 6.45) is 6.65. The first-order chi connectivity index (χ1) is 8.79. The summed E-state index contributed by atoms with van der Waals surface area (Å²) in [5.74, 6) is 0.0287. The van der Waals surface area contributed by atoms with Gasteiger partial charge in [0, 0.05) is 13.3 Å². The van der Waals surface area contributed by atoms with Crippen LogP contribution in [0.5, 0.6) is 0 Å². The Labute approximate surface area is 107 Å². The molecule has 1 aliphatic heterocycles. The molecule has 2 heterocycles. The van der Waals surface area contributed by atoms with Crippen molar-refractivity contribution in [1.82, 2.24) is 15.1 Å². The number of anilines is 1. The molecule has 0 spiro atoms. The molecule has 0 radical (unpaired) electrons. The zero-order valence-corrected chi connectivity index (χ0v) is 10.7. The van der Waals surface area contributed by atoms with Gasteiger partial charge in [-0.1, -0.05) is 6.42 Å². The van der Waals surface area contributed by atoms with E-state index in [1.54, 1.807) is 18.0 Å². The van der Waals surface area contributed by atoms with Crippen molar-refractivity contribution >= 4 is 11.6 Å². The van der Waals surface area contributed by atoms with E-state index in [9.17, 15) is 4.79 Å². The number of methoxy groups -OCH3 is 1. The van der Waals surface area contributed by atoms with Crippen molar-refractivity contribution in [2.75, 3.05) is 25.6 Å². The van der Waals surface area contributed by atoms with Gasteiger partial charge in [0.05, 0.1) is 31.1 Å². The van der Waals surface area contributed by atoms with Gasteiger partial charge in [-0.05, 0) is 19.4 Å². The first kappa shape index (κ1) is 13.0. The summed E-state index contributed by atoms with van der Waals surface area (Å²) < 4.78 is 6.73. The highest BCUT2D eigenvalue weighted by molar-refractivity contribution is 5.94. The number of rotatable bonds is 5. The zero-order valence-electron chi connectivity index (χ0n) is 10.7. The van der Waals surface area contributed by atoms with Gasteiger partial charge >= 0.3 is 0 Å². The Morgan fingerprint density at radius 1 is 1.67 bits per heavy atom. The van der Waals surface area contributed by atoms with Crippen molar-refractivity contribution < 1.29 is 9.53 Å². The van der Waals surface area contributed by atoms with Gasteiger partial charge < -0.3 is 15.4 Å². The molecule has 2 rings (SSSR count). The molecule has 1 aromatic rings. The minimum Gasteiger partial charge on any atom is -0.383 e. The third kappa shape index (κ3) is 3.54. The third-order valence-corrected chi connectivity index (χ3v) is 3.05. The van der Waals surface area contributed by atoms with Crippen molar-refractivity contribution in [3.05, 3.63) is 12.4 Å². The predicted octanol–water partition coefficient (Wildman–Crippen LogP) is 0.610. The topological polar surface area (TPSA) is 68.2 Å². The predicted molar refractivity (Wildman–Crippen MR) is 68.4 cm³/mol. The first-order valence-electron chi connectivity index (χ1n) is 6.35. The second-order valence-corrected chi connectivity index (χ2v) is 4.48. The lowest BCUT2D eigenvalue weighted by Gasteiger charge is -2.22. The highest BCUT2D eigenvalue weighted by atomic mass is 16.5. The number of ether oxygens (including phenoxy) is 1. The summed E-state index contributed by atoms with van der Waals surface area (Å²) in [5.41, 5.74) is 0.739. The van der Waals surface area contributed by atoms with Crippen molar-refractivity contribution in [2.45, 2.75) is 31.8 Å². The largest absolute Gasteiger partial charge is 0.383 e. The van der Waals surface area contributed by atoms with Crippen LogP contribution in [0.1, 0.15) is 19.3 Å². The molecule has 0 bridgehead atoms. The second-order valence-electron chi connectivity index (χ2n) is 4.48. The maximum Gasteiger partial charge on any atom is 0.241 e. The van der Waals surface area contributed by atoms with Crippen LogP contribution in [-0.4, -0.2) is 42.0 Å². The van der Waals surface area contributed by atoms with Crippen LogP contribution in [0.3, 0.4) is 0 Å². The molecule has 1 saturated heterocycles. The molecule has 0 saturated carbocycles. The Morgan fingerprint density at radius 2 is 2.56 bits per heavy atom. The zero-order chi connectivity index (χ0) is 12.8. The van der Waals surface area contributed by atoms with Crippen LogP contribution in [0.4, 0.5) is 5.69 Å². The van der Waals surface area contributed by atoms with Crippen LogP contribution in [0, 0.1) is 0 Å². The number of amides is 1. The minimum atomic E-state index is -0.0684. The van der Waals surface area contributed by atoms with E-state index in [1.807, 2.05) is 6.20 Å². The Kier molecular flexibility index (Phi) is 4.72. The number of hydrogen-bond donors (Lipinski definition) is 2. The van der Waals surface area contributed by atoms with E-state index < -0.39 is 0 Å². The van der Waals surface area contributed by atoms with Gasteiger partial charge in [0.1, 0.15) is 0 Å². The lowest BCUT2D eigenvalue weighted by molar-refractivity contribution is -0.118. The van der Waals surface area contributed by atoms with E-state index in [4.69, 9.17) is 4.74 Å². The van der Waals surface area contributed by atoms with E-state index in [0.717, 1.165) is 31.5 Å². The molecule has 1 amide bonds. The molecule has 1 fully saturated rings. The SMILES string of the molecule is COCCn1cc(NC(=O)[C@@H]2CCCCN2)cn1. The third-order valence-electron chi connectivity index (χ3n) is 3.05. The highest BCUT2D eigenvalue weighted by Gasteiger charge is 2.20. The van der Waals surface area contributed by atoms with Crippen LogP contribution < -0.4 is 10.6 Å². The molecule has 2 N–H and O–H groups in total. The molecule has 18 heavy (non-hydrogen) atoms. The van der Waals surface area contributed by atoms with Crippen LogP contribution in [0.25, 0.3) is 0 Å². The Hall–Kier alpha value is -1.40. The monoisotopic (exact) mass is 252 g/mol. The fourth-order valence-electron chi connectivity index (χ4n) is 2.04. The summed E-state index contributed by atoms with van der Waals surface area (Å²) >= 11 is 0. The molecule has 1 aliphatic rings. The number of hydrogen-bond acceptors (Lipinski definition) is 4. The van der Waals surface area contributed by atoms with Crippen LogP contribution in [-0.2, 0) is 16.1 Å². The first-order valence-corrected chi connectivity index (χ1v) is 6.35. The van der Waals surface area contributed by atoms with Gasteiger partial charge in [-0.15, -0.1) is 0 Å². The maximum absolute atomic E-state index is 12.0. The summed E-state index contributed by atoms with van der Waals surface area (Å²) in [7, 11) is 1.65. The molecule has 1 aromatic heterocycles. The summed E-state index contributed by atoms with van der Waals surface area (Å²) in [5, 5.41) is 10.3. The van der Waals surface area contributed by atoms with Crippen molar-refractivity contribution in [1.29, 1.82) is 0 Å². The molecule has 1 atom stereocenters. The number of nitrogens with one attached hydrogen (secondary N) is 2. The molecule has 6 heteroatoms. The summed E-state index contributed by atoms with van der Waals surface area (Å²) in [6, 6.07) is -0.0684. The van der Waals surface area contributed by atoms with E-state index in [-0.39, 0.29) is 11.9 Å². The second kappa shape index (κ2) is 6.51. The normalized spacial score (nSPS) is 19.7. The van der Waals surface area contributed by atoms with Crippen molar-refractivity contribution in [2.24, 2.45) is 0 Å². The number of carbonyl (C=O) groups is 1. The van der Waals surface area contributed by atoms with Crippen molar-refractivity contribution in [3.8, 4) is 0 Å². The fraction of sp³-hybridized carbons (Fsp3) is 0.667. The molecule has 0 unspecified atom stereocenters. The molecular formula is C12H20N4O2.